The van der Waals surface area contributed by atoms with Crippen molar-refractivity contribution >= 4 is 58.2 Å². The molecule has 1 aromatic heterocycles. The van der Waals surface area contributed by atoms with Gasteiger partial charge in [0.2, 0.25) is 5.91 Å². The highest BCUT2D eigenvalue weighted by molar-refractivity contribution is 7.99. The molecule has 0 bridgehead atoms. The van der Waals surface area contributed by atoms with E-state index in [2.05, 4.69) is 22.1 Å². The highest BCUT2D eigenvalue weighted by Crippen LogP contribution is 2.28. The molecule has 1 heterocycles. The van der Waals surface area contributed by atoms with Gasteiger partial charge in [-0.25, -0.2) is 0 Å². The van der Waals surface area contributed by atoms with Crippen LogP contribution in [0.25, 0.3) is 0 Å². The van der Waals surface area contributed by atoms with Crippen molar-refractivity contribution in [2.24, 2.45) is 0 Å². The maximum absolute atomic E-state index is 12.2. The van der Waals surface area contributed by atoms with Crippen LogP contribution in [-0.4, -0.2) is 26.4 Å². The average molecular weight is 484 g/mol. The fourth-order valence-electron chi connectivity index (χ4n) is 2.44. The molecule has 6 nitrogen and oxygen atoms in total. The predicted molar refractivity (Wildman–Crippen MR) is 122 cm³/mol. The molecular weight excluding hydrogens is 467 g/mol. The van der Waals surface area contributed by atoms with Gasteiger partial charge in [-0.05, 0) is 42.5 Å². The van der Waals surface area contributed by atoms with Gasteiger partial charge in [-0.15, -0.1) is 16.8 Å². The summed E-state index contributed by atoms with van der Waals surface area (Å²) in [4.78, 5) is 12.2. The summed E-state index contributed by atoms with van der Waals surface area (Å²) in [5, 5.41) is 13.3. The van der Waals surface area contributed by atoms with Gasteiger partial charge in [0, 0.05) is 22.3 Å². The molecule has 0 atom stereocenters. The lowest BCUT2D eigenvalue weighted by molar-refractivity contribution is -0.113. The molecule has 0 spiro atoms. The molecular formula is C20H17Cl3N4O2S. The van der Waals surface area contributed by atoms with E-state index in [0.717, 1.165) is 0 Å². The number of allylic oxidation sites excluding steroid dienone is 1. The van der Waals surface area contributed by atoms with E-state index < -0.39 is 0 Å². The summed E-state index contributed by atoms with van der Waals surface area (Å²) in [5.41, 5.74) is 0.673. The van der Waals surface area contributed by atoms with Crippen molar-refractivity contribution < 1.29 is 9.53 Å². The Morgan fingerprint density at radius 3 is 2.57 bits per heavy atom. The van der Waals surface area contributed by atoms with Crippen LogP contribution in [0.3, 0.4) is 0 Å². The van der Waals surface area contributed by atoms with Gasteiger partial charge >= 0.3 is 0 Å². The Hall–Kier alpha value is -2.19. The minimum atomic E-state index is -0.166. The molecule has 0 unspecified atom stereocenters. The number of rotatable bonds is 9. The van der Waals surface area contributed by atoms with Crippen molar-refractivity contribution in [2.75, 3.05) is 11.1 Å². The third kappa shape index (κ3) is 6.15. The van der Waals surface area contributed by atoms with Gasteiger partial charge in [0.15, 0.2) is 11.0 Å². The zero-order valence-electron chi connectivity index (χ0n) is 15.6. The third-order valence-electron chi connectivity index (χ3n) is 3.82. The Morgan fingerprint density at radius 2 is 1.87 bits per heavy atom. The van der Waals surface area contributed by atoms with Crippen molar-refractivity contribution in [3.05, 3.63) is 76.0 Å². The molecule has 0 fully saturated rings. The van der Waals surface area contributed by atoms with Crippen molar-refractivity contribution in [2.45, 2.75) is 18.3 Å². The van der Waals surface area contributed by atoms with E-state index in [-0.39, 0.29) is 18.3 Å². The summed E-state index contributed by atoms with van der Waals surface area (Å²) >= 11 is 19.2. The van der Waals surface area contributed by atoms with Crippen molar-refractivity contribution in [3.8, 4) is 5.75 Å². The van der Waals surface area contributed by atoms with E-state index in [1.54, 1.807) is 48.5 Å². The highest BCUT2D eigenvalue weighted by Gasteiger charge is 2.15. The van der Waals surface area contributed by atoms with Crippen LogP contribution < -0.4 is 10.1 Å². The first-order chi connectivity index (χ1) is 14.5. The highest BCUT2D eigenvalue weighted by atomic mass is 35.5. The Kier molecular flexibility index (Phi) is 8.04. The number of ether oxygens (including phenoxy) is 1. The molecule has 0 aliphatic heterocycles. The van der Waals surface area contributed by atoms with Gasteiger partial charge in [-0.3, -0.25) is 9.36 Å². The largest absolute Gasteiger partial charge is 0.484 e. The normalized spacial score (nSPS) is 10.6. The lowest BCUT2D eigenvalue weighted by Crippen LogP contribution is -2.15. The Labute approximate surface area is 193 Å². The smallest absolute Gasteiger partial charge is 0.234 e. The molecule has 0 saturated heterocycles. The maximum atomic E-state index is 12.2. The van der Waals surface area contributed by atoms with Crippen LogP contribution in [0.2, 0.25) is 15.1 Å². The number of thioether (sulfide) groups is 1. The van der Waals surface area contributed by atoms with Crippen LogP contribution in [0.4, 0.5) is 5.69 Å². The number of benzene rings is 2. The average Bonchev–Trinajstić information content (AvgIpc) is 3.09. The Bertz CT molecular complexity index is 1040. The van der Waals surface area contributed by atoms with E-state index in [0.29, 0.717) is 44.0 Å². The van der Waals surface area contributed by atoms with E-state index in [1.165, 1.54) is 11.8 Å². The first-order valence-corrected chi connectivity index (χ1v) is 10.9. The molecule has 0 aliphatic rings. The summed E-state index contributed by atoms with van der Waals surface area (Å²) in [6, 6.07) is 11.9. The Balaban J connectivity index is 1.62. The summed E-state index contributed by atoms with van der Waals surface area (Å²) < 4.78 is 7.58. The first-order valence-electron chi connectivity index (χ1n) is 8.75. The summed E-state index contributed by atoms with van der Waals surface area (Å²) in [7, 11) is 0. The molecule has 0 radical (unpaired) electrons. The molecule has 0 saturated carbocycles. The van der Waals surface area contributed by atoms with E-state index >= 15 is 0 Å². The molecule has 1 amide bonds. The third-order valence-corrected chi connectivity index (χ3v) is 5.57. The number of hydrogen-bond donors (Lipinski definition) is 1. The van der Waals surface area contributed by atoms with E-state index in [4.69, 9.17) is 39.5 Å². The van der Waals surface area contributed by atoms with Gasteiger partial charge in [0.1, 0.15) is 12.4 Å². The second-order valence-corrected chi connectivity index (χ2v) is 8.23. The predicted octanol–water partition coefficient (Wildman–Crippen LogP) is 5.73. The van der Waals surface area contributed by atoms with Gasteiger partial charge in [0.05, 0.1) is 10.8 Å². The van der Waals surface area contributed by atoms with Gasteiger partial charge in [0.25, 0.3) is 0 Å². The Morgan fingerprint density at radius 1 is 1.13 bits per heavy atom. The number of amides is 1. The van der Waals surface area contributed by atoms with Crippen molar-refractivity contribution in [1.82, 2.24) is 14.8 Å². The standard InChI is InChI=1S/C20H17Cl3N4O2S/c1-2-9-27-18(11-29-17-8-5-14(22)10-16(17)23)25-26-20(27)30-12-19(28)24-15-6-3-13(21)4-7-15/h2-8,10H,1,9,11-12H2,(H,24,28). The van der Waals surface area contributed by atoms with Crippen LogP contribution in [0.5, 0.6) is 5.75 Å². The molecule has 3 aromatic rings. The SMILES string of the molecule is C=CCn1c(COc2ccc(Cl)cc2Cl)nnc1SCC(=O)Nc1ccc(Cl)cc1. The molecule has 30 heavy (non-hydrogen) atoms. The summed E-state index contributed by atoms with van der Waals surface area (Å²) in [6.45, 7) is 4.39. The lowest BCUT2D eigenvalue weighted by Gasteiger charge is -2.10. The minimum absolute atomic E-state index is 0.153. The number of aromatic nitrogens is 3. The van der Waals surface area contributed by atoms with Gasteiger partial charge in [-0.2, -0.15) is 0 Å². The van der Waals surface area contributed by atoms with Gasteiger partial charge in [-0.1, -0.05) is 52.6 Å². The maximum Gasteiger partial charge on any atom is 0.234 e. The number of anilines is 1. The van der Waals surface area contributed by atoms with E-state index in [1.807, 2.05) is 4.57 Å². The van der Waals surface area contributed by atoms with E-state index in [9.17, 15) is 4.79 Å². The van der Waals surface area contributed by atoms with Crippen LogP contribution in [0.1, 0.15) is 5.82 Å². The molecule has 1 N–H and O–H groups in total. The number of hydrogen-bond acceptors (Lipinski definition) is 5. The molecule has 2 aromatic carbocycles. The quantitative estimate of drug-likeness (QED) is 0.311. The fraction of sp³-hybridized carbons (Fsp3) is 0.150. The van der Waals surface area contributed by atoms with Crippen LogP contribution in [0, 0.1) is 0 Å². The number of carbonyl (C=O) groups is 1. The number of carbonyl (C=O) groups excluding carboxylic acids is 1. The number of nitrogens with zero attached hydrogens (tertiary/aromatic N) is 3. The van der Waals surface area contributed by atoms with Crippen LogP contribution >= 0.6 is 46.6 Å². The second kappa shape index (κ2) is 10.7. The summed E-state index contributed by atoms with van der Waals surface area (Å²) in [6.07, 6.45) is 1.72. The van der Waals surface area contributed by atoms with Gasteiger partial charge < -0.3 is 10.1 Å². The topological polar surface area (TPSA) is 69.0 Å². The summed E-state index contributed by atoms with van der Waals surface area (Å²) in [5.74, 6) is 1.08. The van der Waals surface area contributed by atoms with Crippen molar-refractivity contribution in [1.29, 1.82) is 0 Å². The monoisotopic (exact) mass is 482 g/mol. The molecule has 10 heteroatoms. The zero-order valence-corrected chi connectivity index (χ0v) is 18.7. The minimum Gasteiger partial charge on any atom is -0.484 e. The van der Waals surface area contributed by atoms with Crippen LogP contribution in [0.15, 0.2) is 60.3 Å². The van der Waals surface area contributed by atoms with Crippen molar-refractivity contribution in [3.63, 3.8) is 0 Å². The number of nitrogens with one attached hydrogen (secondary N) is 1. The lowest BCUT2D eigenvalue weighted by atomic mass is 10.3. The van der Waals surface area contributed by atoms with Crippen LogP contribution in [-0.2, 0) is 17.9 Å². The molecule has 156 valence electrons. The fourth-order valence-corrected chi connectivity index (χ4v) is 3.80. The molecule has 0 aliphatic carbocycles. The zero-order chi connectivity index (χ0) is 21.5. The molecule has 3 rings (SSSR count). The second-order valence-electron chi connectivity index (χ2n) is 6.01. The first kappa shape index (κ1) is 22.5. The number of halogens is 3.